The van der Waals surface area contributed by atoms with Crippen molar-refractivity contribution in [1.29, 1.82) is 0 Å². The second-order valence-corrected chi connectivity index (χ2v) is 5.46. The molecule has 1 aromatic heterocycles. The second kappa shape index (κ2) is 7.33. The summed E-state index contributed by atoms with van der Waals surface area (Å²) in [5.74, 6) is -0.274. The van der Waals surface area contributed by atoms with Gasteiger partial charge in [0.1, 0.15) is 4.88 Å². The molecule has 0 aromatic carbocycles. The Morgan fingerprint density at radius 3 is 2.78 bits per heavy atom. The Morgan fingerprint density at radius 2 is 2.22 bits per heavy atom. The van der Waals surface area contributed by atoms with Crippen LogP contribution in [0.5, 0.6) is 0 Å². The Labute approximate surface area is 111 Å². The van der Waals surface area contributed by atoms with Crippen LogP contribution in [0.25, 0.3) is 0 Å². The molecular formula is C12H20N2O3S. The molecule has 5 nitrogen and oxygen atoms in total. The summed E-state index contributed by atoms with van der Waals surface area (Å²) >= 11 is 1.16. The van der Waals surface area contributed by atoms with Crippen LogP contribution in [0.1, 0.15) is 35.6 Å². The fraction of sp³-hybridized carbons (Fsp3) is 0.667. The largest absolute Gasteiger partial charge is 0.477 e. The first-order valence-corrected chi connectivity index (χ1v) is 6.84. The van der Waals surface area contributed by atoms with Gasteiger partial charge in [-0.1, -0.05) is 25.2 Å². The smallest absolute Gasteiger partial charge is 0.347 e. The van der Waals surface area contributed by atoms with E-state index >= 15 is 0 Å². The van der Waals surface area contributed by atoms with Crippen molar-refractivity contribution >= 4 is 22.4 Å². The van der Waals surface area contributed by atoms with Crippen LogP contribution in [0.4, 0.5) is 5.13 Å². The highest BCUT2D eigenvalue weighted by molar-refractivity contribution is 7.17. The van der Waals surface area contributed by atoms with Crippen LogP contribution in [0.15, 0.2) is 0 Å². The summed E-state index contributed by atoms with van der Waals surface area (Å²) in [6.45, 7) is 8.03. The summed E-state index contributed by atoms with van der Waals surface area (Å²) in [4.78, 5) is 15.3. The number of carboxylic acids is 1. The lowest BCUT2D eigenvalue weighted by Crippen LogP contribution is -2.10. The van der Waals surface area contributed by atoms with Gasteiger partial charge in [-0.3, -0.25) is 0 Å². The summed E-state index contributed by atoms with van der Waals surface area (Å²) in [7, 11) is 0. The van der Waals surface area contributed by atoms with E-state index in [9.17, 15) is 4.79 Å². The minimum Gasteiger partial charge on any atom is -0.477 e. The maximum absolute atomic E-state index is 10.8. The van der Waals surface area contributed by atoms with Gasteiger partial charge >= 0.3 is 5.97 Å². The SMILES string of the molecule is Cc1nc(NCCOCCC(C)C)sc1C(=O)O. The Bertz CT molecular complexity index is 391. The molecule has 1 rings (SSSR count). The quantitative estimate of drug-likeness (QED) is 0.712. The van der Waals surface area contributed by atoms with Crippen LogP contribution in [0, 0.1) is 12.8 Å². The number of aromatic nitrogens is 1. The molecule has 0 saturated heterocycles. The lowest BCUT2D eigenvalue weighted by atomic mass is 10.1. The lowest BCUT2D eigenvalue weighted by molar-refractivity contribution is 0.0701. The molecule has 0 atom stereocenters. The maximum atomic E-state index is 10.8. The zero-order valence-corrected chi connectivity index (χ0v) is 11.8. The van der Waals surface area contributed by atoms with Crippen molar-refractivity contribution in [2.24, 2.45) is 5.92 Å². The number of nitrogens with zero attached hydrogens (tertiary/aromatic N) is 1. The zero-order valence-electron chi connectivity index (χ0n) is 11.0. The van der Waals surface area contributed by atoms with Gasteiger partial charge in [0.2, 0.25) is 0 Å². The monoisotopic (exact) mass is 272 g/mol. The molecule has 0 aliphatic rings. The highest BCUT2D eigenvalue weighted by Crippen LogP contribution is 2.21. The first-order chi connectivity index (χ1) is 8.50. The predicted octanol–water partition coefficient (Wildman–Crippen LogP) is 2.62. The number of nitrogens with one attached hydrogen (secondary N) is 1. The lowest BCUT2D eigenvalue weighted by Gasteiger charge is -2.06. The molecule has 0 fully saturated rings. The number of aromatic carboxylic acids is 1. The van der Waals surface area contributed by atoms with Gasteiger partial charge in [0.05, 0.1) is 12.3 Å². The first kappa shape index (κ1) is 14.9. The van der Waals surface area contributed by atoms with Gasteiger partial charge in [-0.05, 0) is 19.3 Å². The number of hydrogen-bond acceptors (Lipinski definition) is 5. The van der Waals surface area contributed by atoms with Crippen LogP contribution >= 0.6 is 11.3 Å². The number of thiazole rings is 1. The number of hydrogen-bond donors (Lipinski definition) is 2. The van der Waals surface area contributed by atoms with Crippen molar-refractivity contribution in [2.75, 3.05) is 25.1 Å². The third-order valence-corrected chi connectivity index (χ3v) is 3.46. The van der Waals surface area contributed by atoms with E-state index in [-0.39, 0.29) is 0 Å². The molecule has 18 heavy (non-hydrogen) atoms. The molecule has 1 heterocycles. The molecule has 0 bridgehead atoms. The summed E-state index contributed by atoms with van der Waals surface area (Å²) in [5.41, 5.74) is 0.552. The first-order valence-electron chi connectivity index (χ1n) is 6.03. The van der Waals surface area contributed by atoms with Crippen molar-refractivity contribution in [2.45, 2.75) is 27.2 Å². The van der Waals surface area contributed by atoms with Crippen molar-refractivity contribution in [3.63, 3.8) is 0 Å². The van der Waals surface area contributed by atoms with Crippen molar-refractivity contribution in [3.8, 4) is 0 Å². The van der Waals surface area contributed by atoms with E-state index < -0.39 is 5.97 Å². The molecule has 2 N–H and O–H groups in total. The Hall–Kier alpha value is -1.14. The van der Waals surface area contributed by atoms with Crippen molar-refractivity contribution in [1.82, 2.24) is 4.98 Å². The Kier molecular flexibility index (Phi) is 6.07. The zero-order chi connectivity index (χ0) is 13.5. The topological polar surface area (TPSA) is 71.5 Å². The van der Waals surface area contributed by atoms with Crippen LogP contribution < -0.4 is 5.32 Å². The maximum Gasteiger partial charge on any atom is 0.347 e. The van der Waals surface area contributed by atoms with Crippen molar-refractivity contribution < 1.29 is 14.6 Å². The highest BCUT2D eigenvalue weighted by Gasteiger charge is 2.13. The third kappa shape index (κ3) is 5.01. The summed E-state index contributed by atoms with van der Waals surface area (Å²) < 4.78 is 5.45. The van der Waals surface area contributed by atoms with Gasteiger partial charge in [-0.2, -0.15) is 0 Å². The Balaban J connectivity index is 2.23. The summed E-state index contributed by atoms with van der Waals surface area (Å²) in [6.07, 6.45) is 1.06. The molecule has 0 unspecified atom stereocenters. The Morgan fingerprint density at radius 1 is 1.50 bits per heavy atom. The van der Waals surface area contributed by atoms with E-state index in [0.29, 0.717) is 34.8 Å². The van der Waals surface area contributed by atoms with E-state index in [0.717, 1.165) is 24.4 Å². The molecule has 1 aromatic rings. The van der Waals surface area contributed by atoms with E-state index in [1.54, 1.807) is 6.92 Å². The minimum atomic E-state index is -0.925. The van der Waals surface area contributed by atoms with E-state index in [2.05, 4.69) is 24.1 Å². The van der Waals surface area contributed by atoms with E-state index in [1.807, 2.05) is 0 Å². The number of carboxylic acid groups (broad SMARTS) is 1. The molecule has 0 spiro atoms. The van der Waals surface area contributed by atoms with Crippen LogP contribution in [0.2, 0.25) is 0 Å². The molecule has 0 saturated carbocycles. The predicted molar refractivity (Wildman–Crippen MR) is 72.6 cm³/mol. The third-order valence-electron chi connectivity index (χ3n) is 2.35. The van der Waals surface area contributed by atoms with Crippen LogP contribution in [0.3, 0.4) is 0 Å². The number of rotatable bonds is 8. The van der Waals surface area contributed by atoms with Gasteiger partial charge < -0.3 is 15.2 Å². The van der Waals surface area contributed by atoms with Crippen LogP contribution in [-0.4, -0.2) is 35.8 Å². The number of ether oxygens (including phenoxy) is 1. The fourth-order valence-electron chi connectivity index (χ4n) is 1.32. The molecule has 102 valence electrons. The van der Waals surface area contributed by atoms with Gasteiger partial charge in [-0.25, -0.2) is 9.78 Å². The number of carbonyl (C=O) groups is 1. The van der Waals surface area contributed by atoms with Gasteiger partial charge in [0, 0.05) is 13.2 Å². The molecule has 0 aliphatic carbocycles. The minimum absolute atomic E-state index is 0.290. The average Bonchev–Trinajstić information content (AvgIpc) is 2.64. The normalized spacial score (nSPS) is 10.9. The van der Waals surface area contributed by atoms with Crippen molar-refractivity contribution in [3.05, 3.63) is 10.6 Å². The fourth-order valence-corrected chi connectivity index (χ4v) is 2.15. The standard InChI is InChI=1S/C12H20N2O3S/c1-8(2)4-6-17-7-5-13-12-14-9(3)10(18-12)11(15)16/h8H,4-7H2,1-3H3,(H,13,14)(H,15,16). The summed E-state index contributed by atoms with van der Waals surface area (Å²) in [5, 5.41) is 12.6. The average molecular weight is 272 g/mol. The number of aryl methyl sites for hydroxylation is 1. The molecule has 0 amide bonds. The molecule has 6 heteroatoms. The molecule has 0 aliphatic heterocycles. The van der Waals surface area contributed by atoms with E-state index in [4.69, 9.17) is 9.84 Å². The van der Waals surface area contributed by atoms with Gasteiger partial charge in [0.15, 0.2) is 5.13 Å². The number of anilines is 1. The van der Waals surface area contributed by atoms with Gasteiger partial charge in [-0.15, -0.1) is 0 Å². The second-order valence-electron chi connectivity index (χ2n) is 4.46. The highest BCUT2D eigenvalue weighted by atomic mass is 32.1. The van der Waals surface area contributed by atoms with E-state index in [1.165, 1.54) is 0 Å². The summed E-state index contributed by atoms with van der Waals surface area (Å²) in [6, 6.07) is 0. The molecular weight excluding hydrogens is 252 g/mol. The van der Waals surface area contributed by atoms with Gasteiger partial charge in [0.25, 0.3) is 0 Å². The van der Waals surface area contributed by atoms with Crippen LogP contribution in [-0.2, 0) is 4.74 Å². The molecule has 0 radical (unpaired) electrons.